The van der Waals surface area contributed by atoms with Crippen LogP contribution in [0.25, 0.3) is 0 Å². The fourth-order valence-electron chi connectivity index (χ4n) is 2.68. The lowest BCUT2D eigenvalue weighted by molar-refractivity contribution is -0.137. The van der Waals surface area contributed by atoms with Crippen molar-refractivity contribution in [3.63, 3.8) is 0 Å². The third-order valence-corrected chi connectivity index (χ3v) is 5.18. The molecule has 2 aliphatic rings. The van der Waals surface area contributed by atoms with Crippen LogP contribution in [0.1, 0.15) is 35.6 Å². The van der Waals surface area contributed by atoms with E-state index in [-0.39, 0.29) is 12.4 Å². The molecule has 1 aliphatic heterocycles. The number of hydrogen-bond donors (Lipinski definition) is 1. The molecule has 0 spiro atoms. The van der Waals surface area contributed by atoms with E-state index in [2.05, 4.69) is 15.2 Å². The van der Waals surface area contributed by atoms with Gasteiger partial charge in [-0.25, -0.2) is 4.98 Å². The zero-order chi connectivity index (χ0) is 14.9. The van der Waals surface area contributed by atoms with Gasteiger partial charge in [0.05, 0.1) is 0 Å². The van der Waals surface area contributed by atoms with Crippen LogP contribution in [0.3, 0.4) is 0 Å². The van der Waals surface area contributed by atoms with Gasteiger partial charge >= 0.3 is 6.18 Å². The van der Waals surface area contributed by atoms with E-state index in [1.807, 2.05) is 0 Å². The van der Waals surface area contributed by atoms with Gasteiger partial charge in [0.1, 0.15) is 0 Å². The molecule has 0 unspecified atom stereocenters. The summed E-state index contributed by atoms with van der Waals surface area (Å²) in [6.45, 7) is 3.61. The molecule has 1 saturated heterocycles. The highest BCUT2D eigenvalue weighted by molar-refractivity contribution is 7.11. The first-order valence-electron chi connectivity index (χ1n) is 7.48. The van der Waals surface area contributed by atoms with E-state index >= 15 is 0 Å². The third-order valence-electron chi connectivity index (χ3n) is 4.16. The lowest BCUT2D eigenvalue weighted by Crippen LogP contribution is -2.42. The van der Waals surface area contributed by atoms with E-state index in [9.17, 15) is 13.2 Å². The van der Waals surface area contributed by atoms with Crippen LogP contribution in [0.4, 0.5) is 13.2 Å². The lowest BCUT2D eigenvalue weighted by atomic mass is 10.0. The molecule has 2 fully saturated rings. The molecule has 8 heteroatoms. The first-order chi connectivity index (χ1) is 10.0. The molecule has 1 aromatic heterocycles. The summed E-state index contributed by atoms with van der Waals surface area (Å²) in [5.74, 6) is 0.890. The number of thiazole rings is 1. The summed E-state index contributed by atoms with van der Waals surface area (Å²) in [6, 6.07) is 0.578. The third kappa shape index (κ3) is 5.08. The second-order valence-electron chi connectivity index (χ2n) is 6.03. The molecule has 3 rings (SSSR count). The van der Waals surface area contributed by atoms with Crippen LogP contribution in [0.15, 0.2) is 6.20 Å². The monoisotopic (exact) mass is 355 g/mol. The average Bonchev–Trinajstić information content (AvgIpc) is 3.14. The molecule has 1 aromatic rings. The Hall–Kier alpha value is -0.370. The van der Waals surface area contributed by atoms with Crippen molar-refractivity contribution < 1.29 is 13.2 Å². The van der Waals surface area contributed by atoms with Crippen molar-refractivity contribution in [1.29, 1.82) is 0 Å². The number of alkyl halides is 3. The highest BCUT2D eigenvalue weighted by atomic mass is 35.5. The Morgan fingerprint density at radius 2 is 1.91 bits per heavy atom. The molecule has 3 nitrogen and oxygen atoms in total. The van der Waals surface area contributed by atoms with E-state index < -0.39 is 11.2 Å². The highest BCUT2D eigenvalue weighted by Crippen LogP contribution is 2.33. The maximum Gasteiger partial charge on any atom is 0.443 e. The standard InChI is InChI=1S/C14H20F3N3S.ClH/c15-14(16,17)13-19-8-12(21-13)9-20-5-3-11(4-6-20)18-7-10-1-2-10;/h8,10-11,18H,1-7,9H2;1H. The van der Waals surface area contributed by atoms with Crippen LogP contribution < -0.4 is 5.32 Å². The maximum absolute atomic E-state index is 12.5. The minimum Gasteiger partial charge on any atom is -0.314 e. The average molecular weight is 356 g/mol. The van der Waals surface area contributed by atoms with E-state index in [1.54, 1.807) is 0 Å². The predicted octanol–water partition coefficient (Wildman–Crippen LogP) is 3.55. The quantitative estimate of drug-likeness (QED) is 0.875. The van der Waals surface area contributed by atoms with Gasteiger partial charge in [0.15, 0.2) is 5.01 Å². The SMILES string of the molecule is Cl.FC(F)(F)c1ncc(CN2CCC(NCC3CC3)CC2)s1. The van der Waals surface area contributed by atoms with Gasteiger partial charge in [-0.3, -0.25) is 4.90 Å². The summed E-state index contributed by atoms with van der Waals surface area (Å²) in [5.41, 5.74) is 0. The molecular formula is C14H21ClF3N3S. The zero-order valence-corrected chi connectivity index (χ0v) is 13.9. The molecule has 0 bridgehead atoms. The van der Waals surface area contributed by atoms with Gasteiger partial charge in [-0.15, -0.1) is 23.7 Å². The van der Waals surface area contributed by atoms with Gasteiger partial charge in [0.2, 0.25) is 0 Å². The Kier molecular flexibility index (Phi) is 6.10. The van der Waals surface area contributed by atoms with Crippen molar-refractivity contribution in [2.45, 2.75) is 44.4 Å². The van der Waals surface area contributed by atoms with Gasteiger partial charge < -0.3 is 5.32 Å². The molecular weight excluding hydrogens is 335 g/mol. The number of hydrogen-bond acceptors (Lipinski definition) is 4. The van der Waals surface area contributed by atoms with Gasteiger partial charge in [-0.1, -0.05) is 0 Å². The molecule has 0 aromatic carbocycles. The molecule has 126 valence electrons. The predicted molar refractivity (Wildman–Crippen MR) is 83.4 cm³/mol. The summed E-state index contributed by atoms with van der Waals surface area (Å²) < 4.78 is 37.5. The lowest BCUT2D eigenvalue weighted by Gasteiger charge is -2.32. The Labute approximate surface area is 138 Å². The number of nitrogens with one attached hydrogen (secondary N) is 1. The maximum atomic E-state index is 12.5. The second-order valence-corrected chi connectivity index (χ2v) is 7.15. The Bertz CT molecular complexity index is 468. The first-order valence-corrected chi connectivity index (χ1v) is 8.30. The fraction of sp³-hybridized carbons (Fsp3) is 0.786. The van der Waals surface area contributed by atoms with E-state index in [4.69, 9.17) is 0 Å². The van der Waals surface area contributed by atoms with Crippen molar-refractivity contribution in [3.8, 4) is 0 Å². The first kappa shape index (κ1) is 18.0. The van der Waals surface area contributed by atoms with Crippen LogP contribution in [0.5, 0.6) is 0 Å². The number of likely N-dealkylation sites (tertiary alicyclic amines) is 1. The van der Waals surface area contributed by atoms with Crippen LogP contribution in [0, 0.1) is 5.92 Å². The van der Waals surface area contributed by atoms with Crippen molar-refractivity contribution in [2.75, 3.05) is 19.6 Å². The van der Waals surface area contributed by atoms with Crippen LogP contribution in [-0.4, -0.2) is 35.6 Å². The molecule has 2 heterocycles. The van der Waals surface area contributed by atoms with Crippen molar-refractivity contribution in [3.05, 3.63) is 16.1 Å². The van der Waals surface area contributed by atoms with Gasteiger partial charge in [-0.2, -0.15) is 13.2 Å². The van der Waals surface area contributed by atoms with Crippen LogP contribution in [-0.2, 0) is 12.7 Å². The van der Waals surface area contributed by atoms with Gasteiger partial charge in [0, 0.05) is 36.8 Å². The summed E-state index contributed by atoms with van der Waals surface area (Å²) in [5, 5.41) is 2.87. The molecule has 1 N–H and O–H groups in total. The molecule has 1 saturated carbocycles. The van der Waals surface area contributed by atoms with Crippen molar-refractivity contribution >= 4 is 23.7 Å². The fourth-order valence-corrected chi connectivity index (χ4v) is 3.50. The minimum atomic E-state index is -4.32. The smallest absolute Gasteiger partial charge is 0.314 e. The summed E-state index contributed by atoms with van der Waals surface area (Å²) >= 11 is 0.763. The molecule has 0 atom stereocenters. The topological polar surface area (TPSA) is 28.2 Å². The molecule has 1 aliphatic carbocycles. The summed E-state index contributed by atoms with van der Waals surface area (Å²) in [7, 11) is 0. The minimum absolute atomic E-state index is 0. The van der Waals surface area contributed by atoms with Crippen LogP contribution in [0.2, 0.25) is 0 Å². The van der Waals surface area contributed by atoms with Gasteiger partial charge in [-0.05, 0) is 38.1 Å². The number of aromatic nitrogens is 1. The van der Waals surface area contributed by atoms with Crippen molar-refractivity contribution in [2.24, 2.45) is 5.92 Å². The summed E-state index contributed by atoms with van der Waals surface area (Å²) in [6.07, 6.45) is 1.93. The Morgan fingerprint density at radius 1 is 1.23 bits per heavy atom. The Balaban J connectivity index is 0.00000176. The number of piperidine rings is 1. The van der Waals surface area contributed by atoms with Crippen LogP contribution >= 0.6 is 23.7 Å². The normalized spacial score (nSPS) is 20.9. The highest BCUT2D eigenvalue weighted by Gasteiger charge is 2.34. The van der Waals surface area contributed by atoms with E-state index in [0.29, 0.717) is 17.5 Å². The number of rotatable bonds is 5. The van der Waals surface area contributed by atoms with Gasteiger partial charge in [0.25, 0.3) is 0 Å². The zero-order valence-electron chi connectivity index (χ0n) is 12.2. The van der Waals surface area contributed by atoms with E-state index in [1.165, 1.54) is 19.0 Å². The van der Waals surface area contributed by atoms with Crippen molar-refractivity contribution in [1.82, 2.24) is 15.2 Å². The summed E-state index contributed by atoms with van der Waals surface area (Å²) in [4.78, 5) is 6.40. The Morgan fingerprint density at radius 3 is 2.45 bits per heavy atom. The second kappa shape index (κ2) is 7.47. The number of nitrogens with zero attached hydrogens (tertiary/aromatic N) is 2. The molecule has 0 amide bonds. The largest absolute Gasteiger partial charge is 0.443 e. The van der Waals surface area contributed by atoms with E-state index in [0.717, 1.165) is 49.7 Å². The molecule has 0 radical (unpaired) electrons. The number of halogens is 4. The molecule has 22 heavy (non-hydrogen) atoms.